The fourth-order valence-electron chi connectivity index (χ4n) is 4.51. The molecule has 3 rings (SSSR count). The molecule has 1 aromatic carbocycles. The SMILES string of the molecule is COc1cc(CN2CCN(C(C)(C)C)C(c3ccccc3C(C)C)C2)cnc1OC. The number of rotatable bonds is 6. The van der Waals surface area contributed by atoms with Crippen molar-refractivity contribution < 1.29 is 9.47 Å². The lowest BCUT2D eigenvalue weighted by Gasteiger charge is -2.49. The zero-order valence-corrected chi connectivity index (χ0v) is 19.6. The molecular weight excluding hydrogens is 374 g/mol. The van der Waals surface area contributed by atoms with Crippen LogP contribution < -0.4 is 9.47 Å². The first kappa shape index (κ1) is 22.6. The topological polar surface area (TPSA) is 37.8 Å². The molecule has 0 N–H and O–H groups in total. The van der Waals surface area contributed by atoms with Crippen molar-refractivity contribution in [1.29, 1.82) is 0 Å². The molecule has 30 heavy (non-hydrogen) atoms. The van der Waals surface area contributed by atoms with Gasteiger partial charge in [0.25, 0.3) is 5.88 Å². The molecule has 0 saturated carbocycles. The van der Waals surface area contributed by atoms with Crippen LogP contribution in [0.5, 0.6) is 11.6 Å². The predicted molar refractivity (Wildman–Crippen MR) is 122 cm³/mol. The molecule has 1 unspecified atom stereocenters. The smallest absolute Gasteiger partial charge is 0.256 e. The Morgan fingerprint density at radius 1 is 1.10 bits per heavy atom. The van der Waals surface area contributed by atoms with Gasteiger partial charge in [0.1, 0.15) is 0 Å². The van der Waals surface area contributed by atoms with Crippen molar-refractivity contribution in [3.63, 3.8) is 0 Å². The molecule has 5 heteroatoms. The van der Waals surface area contributed by atoms with E-state index in [2.05, 4.69) is 73.7 Å². The average Bonchev–Trinajstić information content (AvgIpc) is 2.72. The summed E-state index contributed by atoms with van der Waals surface area (Å²) in [6.45, 7) is 15.5. The Balaban J connectivity index is 1.87. The van der Waals surface area contributed by atoms with Gasteiger partial charge in [0, 0.05) is 44.0 Å². The molecule has 1 aliphatic heterocycles. The van der Waals surface area contributed by atoms with Gasteiger partial charge >= 0.3 is 0 Å². The highest BCUT2D eigenvalue weighted by atomic mass is 16.5. The van der Waals surface area contributed by atoms with Crippen LogP contribution in [0.4, 0.5) is 0 Å². The van der Waals surface area contributed by atoms with E-state index in [1.165, 1.54) is 11.1 Å². The summed E-state index contributed by atoms with van der Waals surface area (Å²) >= 11 is 0. The summed E-state index contributed by atoms with van der Waals surface area (Å²) in [6.07, 6.45) is 1.90. The van der Waals surface area contributed by atoms with E-state index in [1.54, 1.807) is 14.2 Å². The summed E-state index contributed by atoms with van der Waals surface area (Å²) in [6, 6.07) is 11.4. The monoisotopic (exact) mass is 411 g/mol. The van der Waals surface area contributed by atoms with E-state index < -0.39 is 0 Å². The van der Waals surface area contributed by atoms with Crippen molar-refractivity contribution in [3.8, 4) is 11.6 Å². The predicted octanol–water partition coefficient (Wildman–Crippen LogP) is 4.88. The molecule has 0 radical (unpaired) electrons. The Bertz CT molecular complexity index is 845. The van der Waals surface area contributed by atoms with Crippen LogP contribution in [0.15, 0.2) is 36.5 Å². The number of aromatic nitrogens is 1. The first-order chi connectivity index (χ1) is 14.2. The molecule has 0 amide bonds. The number of methoxy groups -OCH3 is 2. The number of hydrogen-bond donors (Lipinski definition) is 0. The Kier molecular flexibility index (Phi) is 7.04. The van der Waals surface area contributed by atoms with Crippen LogP contribution in [0.25, 0.3) is 0 Å². The van der Waals surface area contributed by atoms with E-state index in [-0.39, 0.29) is 5.54 Å². The highest BCUT2D eigenvalue weighted by Gasteiger charge is 2.36. The van der Waals surface area contributed by atoms with Gasteiger partial charge in [-0.2, -0.15) is 0 Å². The van der Waals surface area contributed by atoms with Gasteiger partial charge in [-0.1, -0.05) is 38.1 Å². The Hall–Kier alpha value is -2.11. The van der Waals surface area contributed by atoms with E-state index >= 15 is 0 Å². The third-order valence-corrected chi connectivity index (χ3v) is 6.00. The van der Waals surface area contributed by atoms with Gasteiger partial charge in [-0.15, -0.1) is 0 Å². The third-order valence-electron chi connectivity index (χ3n) is 6.00. The quantitative estimate of drug-likeness (QED) is 0.677. The van der Waals surface area contributed by atoms with Crippen molar-refractivity contribution in [2.45, 2.75) is 58.7 Å². The fraction of sp³-hybridized carbons (Fsp3) is 0.560. The lowest BCUT2D eigenvalue weighted by molar-refractivity contribution is 0.00549. The summed E-state index contributed by atoms with van der Waals surface area (Å²) in [4.78, 5) is 9.62. The maximum absolute atomic E-state index is 5.45. The van der Waals surface area contributed by atoms with E-state index in [4.69, 9.17) is 9.47 Å². The molecule has 1 saturated heterocycles. The molecule has 1 fully saturated rings. The normalized spacial score (nSPS) is 18.6. The maximum atomic E-state index is 5.45. The number of hydrogen-bond acceptors (Lipinski definition) is 5. The van der Waals surface area contributed by atoms with Crippen LogP contribution in [-0.2, 0) is 6.54 Å². The average molecular weight is 412 g/mol. The molecule has 0 spiro atoms. The summed E-state index contributed by atoms with van der Waals surface area (Å²) in [5, 5.41) is 0. The van der Waals surface area contributed by atoms with Crippen LogP contribution in [0.3, 0.4) is 0 Å². The van der Waals surface area contributed by atoms with E-state index in [9.17, 15) is 0 Å². The van der Waals surface area contributed by atoms with Gasteiger partial charge in [-0.3, -0.25) is 9.80 Å². The first-order valence-electron chi connectivity index (χ1n) is 10.9. The van der Waals surface area contributed by atoms with Gasteiger partial charge in [-0.25, -0.2) is 4.98 Å². The summed E-state index contributed by atoms with van der Waals surface area (Å²) in [5.41, 5.74) is 4.17. The Morgan fingerprint density at radius 3 is 2.47 bits per heavy atom. The van der Waals surface area contributed by atoms with E-state index in [0.717, 1.165) is 31.7 Å². The number of pyridine rings is 1. The highest BCUT2D eigenvalue weighted by Crippen LogP contribution is 2.36. The molecule has 0 bridgehead atoms. The van der Waals surface area contributed by atoms with Crippen molar-refractivity contribution in [2.75, 3.05) is 33.9 Å². The van der Waals surface area contributed by atoms with E-state index in [1.807, 2.05) is 12.3 Å². The minimum atomic E-state index is 0.117. The van der Waals surface area contributed by atoms with Crippen LogP contribution in [-0.4, -0.2) is 54.2 Å². The largest absolute Gasteiger partial charge is 0.491 e. The molecule has 1 atom stereocenters. The highest BCUT2D eigenvalue weighted by molar-refractivity contribution is 5.36. The van der Waals surface area contributed by atoms with Gasteiger partial charge in [-0.05, 0) is 49.4 Å². The number of nitrogens with zero attached hydrogens (tertiary/aromatic N) is 3. The molecule has 1 aliphatic rings. The maximum Gasteiger partial charge on any atom is 0.256 e. The van der Waals surface area contributed by atoms with Crippen molar-refractivity contribution in [3.05, 3.63) is 53.2 Å². The van der Waals surface area contributed by atoms with Crippen molar-refractivity contribution in [2.24, 2.45) is 0 Å². The van der Waals surface area contributed by atoms with E-state index in [0.29, 0.717) is 23.6 Å². The zero-order chi connectivity index (χ0) is 21.9. The van der Waals surface area contributed by atoms with Gasteiger partial charge in [0.2, 0.25) is 0 Å². The molecule has 5 nitrogen and oxygen atoms in total. The second kappa shape index (κ2) is 9.36. The van der Waals surface area contributed by atoms with Crippen LogP contribution in [0.1, 0.15) is 63.3 Å². The molecule has 164 valence electrons. The summed E-state index contributed by atoms with van der Waals surface area (Å²) < 4.78 is 10.7. The van der Waals surface area contributed by atoms with Gasteiger partial charge < -0.3 is 9.47 Å². The van der Waals surface area contributed by atoms with Crippen LogP contribution in [0, 0.1) is 0 Å². The van der Waals surface area contributed by atoms with Crippen molar-refractivity contribution in [1.82, 2.24) is 14.8 Å². The summed E-state index contributed by atoms with van der Waals surface area (Å²) in [5.74, 6) is 1.72. The fourth-order valence-corrected chi connectivity index (χ4v) is 4.51. The minimum Gasteiger partial charge on any atom is -0.491 e. The lowest BCUT2D eigenvalue weighted by Crippen LogP contribution is -2.55. The van der Waals surface area contributed by atoms with Gasteiger partial charge in [0.05, 0.1) is 14.2 Å². The summed E-state index contributed by atoms with van der Waals surface area (Å²) in [7, 11) is 3.28. The van der Waals surface area contributed by atoms with Crippen LogP contribution >= 0.6 is 0 Å². The number of benzene rings is 1. The van der Waals surface area contributed by atoms with Crippen molar-refractivity contribution >= 4 is 0 Å². The Labute approximate surface area is 182 Å². The minimum absolute atomic E-state index is 0.117. The zero-order valence-electron chi connectivity index (χ0n) is 19.6. The molecular formula is C25H37N3O2. The Morgan fingerprint density at radius 2 is 1.83 bits per heavy atom. The standard InChI is InChI=1S/C25H37N3O2/c1-18(2)20-10-8-9-11-21(20)22-17-27(12-13-28(22)25(3,4)5)16-19-14-23(29-6)24(30-7)26-15-19/h8-11,14-15,18,22H,12-13,16-17H2,1-7H3. The van der Waals surface area contributed by atoms with Crippen LogP contribution in [0.2, 0.25) is 0 Å². The first-order valence-corrected chi connectivity index (χ1v) is 10.9. The molecule has 2 heterocycles. The second-order valence-electron chi connectivity index (χ2n) is 9.45. The number of piperazine rings is 1. The molecule has 1 aromatic heterocycles. The number of ether oxygens (including phenoxy) is 2. The third kappa shape index (κ3) is 4.96. The van der Waals surface area contributed by atoms with Gasteiger partial charge in [0.15, 0.2) is 5.75 Å². The second-order valence-corrected chi connectivity index (χ2v) is 9.45. The molecule has 2 aromatic rings. The lowest BCUT2D eigenvalue weighted by atomic mass is 9.88. The molecule has 0 aliphatic carbocycles.